The van der Waals surface area contributed by atoms with Gasteiger partial charge in [0.25, 0.3) is 0 Å². The monoisotopic (exact) mass is 301 g/mol. The quantitative estimate of drug-likeness (QED) is 0.736. The molecular formula is C16H13ClFN3. The Labute approximate surface area is 126 Å². The van der Waals surface area contributed by atoms with E-state index in [0.717, 1.165) is 22.3 Å². The Balaban J connectivity index is 2.24. The second-order valence-corrected chi connectivity index (χ2v) is 5.26. The Bertz CT molecular complexity index is 811. The summed E-state index contributed by atoms with van der Waals surface area (Å²) in [6, 6.07) is 11.9. The highest BCUT2D eigenvalue weighted by molar-refractivity contribution is 6.30. The van der Waals surface area contributed by atoms with Crippen LogP contribution in [0.5, 0.6) is 0 Å². The predicted molar refractivity (Wildman–Crippen MR) is 83.6 cm³/mol. The fraction of sp³-hybridized carbons (Fsp3) is 0.0625. The third kappa shape index (κ3) is 2.50. The lowest BCUT2D eigenvalue weighted by Gasteiger charge is -2.08. The van der Waals surface area contributed by atoms with Gasteiger partial charge in [-0.05, 0) is 42.3 Å². The molecule has 0 spiro atoms. The van der Waals surface area contributed by atoms with E-state index in [0.29, 0.717) is 16.5 Å². The van der Waals surface area contributed by atoms with E-state index >= 15 is 0 Å². The van der Waals surface area contributed by atoms with Crippen molar-refractivity contribution in [3.8, 4) is 22.4 Å². The van der Waals surface area contributed by atoms with E-state index in [4.69, 9.17) is 17.3 Å². The first kappa shape index (κ1) is 13.6. The van der Waals surface area contributed by atoms with Gasteiger partial charge >= 0.3 is 0 Å². The summed E-state index contributed by atoms with van der Waals surface area (Å²) in [7, 11) is 0. The zero-order valence-electron chi connectivity index (χ0n) is 11.3. The molecule has 0 aliphatic carbocycles. The molecule has 0 bridgehead atoms. The highest BCUT2D eigenvalue weighted by atomic mass is 35.5. The molecule has 0 saturated carbocycles. The molecule has 0 amide bonds. The largest absolute Gasteiger partial charge is 0.382 e. The van der Waals surface area contributed by atoms with Gasteiger partial charge in [-0.3, -0.25) is 5.10 Å². The summed E-state index contributed by atoms with van der Waals surface area (Å²) >= 11 is 6.04. The van der Waals surface area contributed by atoms with Crippen molar-refractivity contribution >= 4 is 17.4 Å². The van der Waals surface area contributed by atoms with Gasteiger partial charge in [-0.2, -0.15) is 5.10 Å². The van der Waals surface area contributed by atoms with Gasteiger partial charge in [0.2, 0.25) is 0 Å². The molecule has 0 radical (unpaired) electrons. The SMILES string of the molecule is Cc1ccc(F)cc1-c1[nH]nc(N)c1-c1cccc(Cl)c1. The van der Waals surface area contributed by atoms with E-state index in [1.807, 2.05) is 19.1 Å². The lowest BCUT2D eigenvalue weighted by molar-refractivity contribution is 0.628. The van der Waals surface area contributed by atoms with Crippen LogP contribution in [0.1, 0.15) is 5.56 Å². The van der Waals surface area contributed by atoms with E-state index in [2.05, 4.69) is 10.2 Å². The zero-order valence-corrected chi connectivity index (χ0v) is 12.1. The van der Waals surface area contributed by atoms with Gasteiger partial charge in [-0.15, -0.1) is 0 Å². The standard InChI is InChI=1S/C16H13ClFN3/c1-9-5-6-12(18)8-13(9)15-14(16(19)21-20-15)10-3-2-4-11(17)7-10/h2-8H,1H3,(H3,19,20,21). The van der Waals surface area contributed by atoms with Crippen molar-refractivity contribution in [2.75, 3.05) is 5.73 Å². The third-order valence-electron chi connectivity index (χ3n) is 3.38. The first-order valence-electron chi connectivity index (χ1n) is 6.42. The Morgan fingerprint density at radius 1 is 1.19 bits per heavy atom. The summed E-state index contributed by atoms with van der Waals surface area (Å²) in [4.78, 5) is 0. The van der Waals surface area contributed by atoms with Crippen LogP contribution >= 0.6 is 11.6 Å². The average molecular weight is 302 g/mol. The number of aromatic amines is 1. The van der Waals surface area contributed by atoms with E-state index in [-0.39, 0.29) is 5.82 Å². The van der Waals surface area contributed by atoms with E-state index in [9.17, 15) is 4.39 Å². The topological polar surface area (TPSA) is 54.7 Å². The number of aryl methyl sites for hydroxylation is 1. The molecule has 2 aromatic carbocycles. The molecule has 1 aromatic heterocycles. The Hall–Kier alpha value is -2.33. The third-order valence-corrected chi connectivity index (χ3v) is 3.61. The van der Waals surface area contributed by atoms with Crippen LogP contribution in [-0.2, 0) is 0 Å². The van der Waals surface area contributed by atoms with Crippen LogP contribution in [0, 0.1) is 12.7 Å². The van der Waals surface area contributed by atoms with Gasteiger partial charge < -0.3 is 5.73 Å². The minimum atomic E-state index is -0.305. The lowest BCUT2D eigenvalue weighted by Crippen LogP contribution is -1.91. The number of hydrogen-bond donors (Lipinski definition) is 2. The van der Waals surface area contributed by atoms with Crippen LogP contribution in [0.3, 0.4) is 0 Å². The van der Waals surface area contributed by atoms with E-state index < -0.39 is 0 Å². The van der Waals surface area contributed by atoms with Crippen molar-refractivity contribution in [1.29, 1.82) is 0 Å². The van der Waals surface area contributed by atoms with Crippen LogP contribution in [-0.4, -0.2) is 10.2 Å². The molecule has 3 rings (SSSR count). The number of halogens is 2. The Morgan fingerprint density at radius 3 is 2.76 bits per heavy atom. The normalized spacial score (nSPS) is 10.8. The highest BCUT2D eigenvalue weighted by Crippen LogP contribution is 2.37. The number of anilines is 1. The molecule has 3 aromatic rings. The van der Waals surface area contributed by atoms with Gasteiger partial charge in [-0.1, -0.05) is 29.8 Å². The Kier molecular flexibility index (Phi) is 3.39. The zero-order chi connectivity index (χ0) is 15.0. The predicted octanol–water partition coefficient (Wildman–Crippen LogP) is 4.43. The summed E-state index contributed by atoms with van der Waals surface area (Å²) in [5, 5.41) is 7.56. The van der Waals surface area contributed by atoms with Crippen LogP contribution in [0.4, 0.5) is 10.2 Å². The molecule has 106 valence electrons. The molecular weight excluding hydrogens is 289 g/mol. The van der Waals surface area contributed by atoms with E-state index in [1.165, 1.54) is 12.1 Å². The first-order valence-corrected chi connectivity index (χ1v) is 6.80. The maximum Gasteiger partial charge on any atom is 0.153 e. The number of nitrogens with two attached hydrogens (primary N) is 1. The van der Waals surface area contributed by atoms with Crippen molar-refractivity contribution in [2.45, 2.75) is 6.92 Å². The summed E-state index contributed by atoms with van der Waals surface area (Å²) in [6.07, 6.45) is 0. The smallest absolute Gasteiger partial charge is 0.153 e. The number of rotatable bonds is 2. The fourth-order valence-corrected chi connectivity index (χ4v) is 2.54. The minimum absolute atomic E-state index is 0.305. The average Bonchev–Trinajstić information content (AvgIpc) is 2.83. The lowest BCUT2D eigenvalue weighted by atomic mass is 9.98. The molecule has 0 atom stereocenters. The van der Waals surface area contributed by atoms with Crippen LogP contribution < -0.4 is 5.73 Å². The molecule has 0 aliphatic heterocycles. The molecule has 0 saturated heterocycles. The maximum atomic E-state index is 13.6. The second-order valence-electron chi connectivity index (χ2n) is 4.83. The van der Waals surface area contributed by atoms with Crippen LogP contribution in [0.25, 0.3) is 22.4 Å². The number of benzene rings is 2. The summed E-state index contributed by atoms with van der Waals surface area (Å²) in [6.45, 7) is 1.91. The molecule has 0 aliphatic rings. The van der Waals surface area contributed by atoms with Gasteiger partial charge in [-0.25, -0.2) is 4.39 Å². The van der Waals surface area contributed by atoms with Crippen molar-refractivity contribution in [3.05, 3.63) is 58.9 Å². The number of hydrogen-bond acceptors (Lipinski definition) is 2. The van der Waals surface area contributed by atoms with Crippen LogP contribution in [0.15, 0.2) is 42.5 Å². The summed E-state index contributed by atoms with van der Waals surface area (Å²) in [5.74, 6) is 0.0525. The van der Waals surface area contributed by atoms with Crippen molar-refractivity contribution in [1.82, 2.24) is 10.2 Å². The van der Waals surface area contributed by atoms with Gasteiger partial charge in [0.1, 0.15) is 5.82 Å². The maximum absolute atomic E-state index is 13.6. The number of aromatic nitrogens is 2. The van der Waals surface area contributed by atoms with Gasteiger partial charge in [0, 0.05) is 10.6 Å². The molecule has 21 heavy (non-hydrogen) atoms. The molecule has 3 nitrogen and oxygen atoms in total. The minimum Gasteiger partial charge on any atom is -0.382 e. The van der Waals surface area contributed by atoms with Crippen molar-refractivity contribution < 1.29 is 4.39 Å². The first-order chi connectivity index (χ1) is 10.1. The highest BCUT2D eigenvalue weighted by Gasteiger charge is 2.17. The number of H-pyrrole nitrogens is 1. The number of nitrogens with zero attached hydrogens (tertiary/aromatic N) is 1. The van der Waals surface area contributed by atoms with Gasteiger partial charge in [0.15, 0.2) is 5.82 Å². The van der Waals surface area contributed by atoms with Crippen LogP contribution in [0.2, 0.25) is 5.02 Å². The van der Waals surface area contributed by atoms with Crippen molar-refractivity contribution in [2.24, 2.45) is 0 Å². The molecule has 1 heterocycles. The van der Waals surface area contributed by atoms with Gasteiger partial charge in [0.05, 0.1) is 11.3 Å². The van der Waals surface area contributed by atoms with E-state index in [1.54, 1.807) is 18.2 Å². The number of nitrogen functional groups attached to an aromatic ring is 1. The fourth-order valence-electron chi connectivity index (χ4n) is 2.35. The molecule has 5 heteroatoms. The molecule has 0 fully saturated rings. The second kappa shape index (κ2) is 5.22. The summed E-state index contributed by atoms with van der Waals surface area (Å²) in [5.41, 5.74) is 9.89. The molecule has 3 N–H and O–H groups in total. The van der Waals surface area contributed by atoms with Crippen molar-refractivity contribution in [3.63, 3.8) is 0 Å². The summed E-state index contributed by atoms with van der Waals surface area (Å²) < 4.78 is 13.6. The Morgan fingerprint density at radius 2 is 2.00 bits per heavy atom. The number of nitrogens with one attached hydrogen (secondary N) is 1. The molecule has 0 unspecified atom stereocenters.